The van der Waals surface area contributed by atoms with Crippen molar-refractivity contribution in [2.24, 2.45) is 10.7 Å². The topological polar surface area (TPSA) is 71.6 Å². The van der Waals surface area contributed by atoms with E-state index in [1.54, 1.807) is 11.1 Å². The molecule has 2 amide bonds. The van der Waals surface area contributed by atoms with Crippen LogP contribution in [0.1, 0.15) is 18.5 Å². The molecule has 3 rings (SSSR count). The van der Waals surface area contributed by atoms with Gasteiger partial charge in [-0.1, -0.05) is 24.3 Å². The summed E-state index contributed by atoms with van der Waals surface area (Å²) in [5.41, 5.74) is 7.70. The van der Waals surface area contributed by atoms with Crippen molar-refractivity contribution in [3.8, 4) is 0 Å². The summed E-state index contributed by atoms with van der Waals surface area (Å²) in [4.78, 5) is 21.7. The highest BCUT2D eigenvalue weighted by atomic mass is 16.2. The van der Waals surface area contributed by atoms with E-state index in [-0.39, 0.29) is 12.1 Å². The molecule has 1 aliphatic heterocycles. The molecule has 0 bridgehead atoms. The average Bonchev–Trinajstić information content (AvgIpc) is 2.72. The lowest BCUT2D eigenvalue weighted by molar-refractivity contribution is 0.210. The van der Waals surface area contributed by atoms with Crippen LogP contribution in [-0.4, -0.2) is 28.3 Å². The molecule has 5 heteroatoms. The molecule has 1 unspecified atom stereocenters. The number of nitrogens with two attached hydrogens (primary N) is 1. The molecule has 19 heavy (non-hydrogen) atoms. The van der Waals surface area contributed by atoms with Crippen molar-refractivity contribution in [3.05, 3.63) is 42.1 Å². The van der Waals surface area contributed by atoms with E-state index < -0.39 is 0 Å². The van der Waals surface area contributed by atoms with Crippen molar-refractivity contribution in [2.45, 2.75) is 13.0 Å². The third kappa shape index (κ3) is 1.74. The minimum atomic E-state index is -0.309. The first-order valence-corrected chi connectivity index (χ1v) is 6.20. The zero-order valence-electron chi connectivity index (χ0n) is 10.6. The van der Waals surface area contributed by atoms with E-state index in [4.69, 9.17) is 5.73 Å². The number of benzene rings is 1. The highest BCUT2D eigenvalue weighted by Crippen LogP contribution is 2.30. The number of likely N-dealkylation sites (N-methyl/N-ethyl adjacent to an activating group) is 1. The summed E-state index contributed by atoms with van der Waals surface area (Å²) in [5, 5.41) is 1.03. The Balaban J connectivity index is 2.19. The lowest BCUT2D eigenvalue weighted by Gasteiger charge is -2.23. The normalized spacial score (nSPS) is 19.0. The second-order valence-electron chi connectivity index (χ2n) is 4.43. The second-order valence-corrected chi connectivity index (χ2v) is 4.43. The van der Waals surface area contributed by atoms with Crippen molar-refractivity contribution in [2.75, 3.05) is 6.54 Å². The highest BCUT2D eigenvalue weighted by molar-refractivity contribution is 6.05. The number of amides is 2. The van der Waals surface area contributed by atoms with Crippen molar-refractivity contribution < 1.29 is 4.79 Å². The maximum atomic E-state index is 11.8. The molecule has 5 nitrogen and oxygen atoms in total. The smallest absolute Gasteiger partial charge is 0.346 e. The number of hydrogen-bond donors (Lipinski definition) is 1. The standard InChI is InChI=1S/C14H14N4O/c1-2-18-12(13(15)17-14(18)19)10-7-3-5-9-6-4-8-16-11(9)10/h3-8,12H,2H2,1H3,(H2,15,17,19). The van der Waals surface area contributed by atoms with Crippen LogP contribution in [0.4, 0.5) is 4.79 Å². The number of carbonyl (C=O) groups excluding carboxylic acids is 1. The van der Waals surface area contributed by atoms with Crippen LogP contribution >= 0.6 is 0 Å². The summed E-state index contributed by atoms with van der Waals surface area (Å²) in [5.74, 6) is 0.338. The minimum Gasteiger partial charge on any atom is -0.385 e. The summed E-state index contributed by atoms with van der Waals surface area (Å²) in [7, 11) is 0. The van der Waals surface area contributed by atoms with Gasteiger partial charge in [0.25, 0.3) is 0 Å². The monoisotopic (exact) mass is 254 g/mol. The Morgan fingerprint density at radius 2 is 2.11 bits per heavy atom. The van der Waals surface area contributed by atoms with Gasteiger partial charge in [0.2, 0.25) is 0 Å². The number of rotatable bonds is 2. The van der Waals surface area contributed by atoms with Crippen molar-refractivity contribution >= 4 is 22.8 Å². The molecule has 0 radical (unpaired) electrons. The fraction of sp³-hybridized carbons (Fsp3) is 0.214. The number of pyridine rings is 1. The van der Waals surface area contributed by atoms with Crippen LogP contribution in [0, 0.1) is 0 Å². The first kappa shape index (κ1) is 11.6. The molecule has 1 aliphatic rings. The lowest BCUT2D eigenvalue weighted by atomic mass is 10.0. The summed E-state index contributed by atoms with van der Waals surface area (Å²) >= 11 is 0. The average molecular weight is 254 g/mol. The third-order valence-corrected chi connectivity index (χ3v) is 3.36. The van der Waals surface area contributed by atoms with Crippen LogP contribution in [0.2, 0.25) is 0 Å². The summed E-state index contributed by atoms with van der Waals surface area (Å²) in [6.45, 7) is 2.48. The first-order chi connectivity index (χ1) is 9.22. The number of aliphatic imine (C=N–C) groups is 1. The van der Waals surface area contributed by atoms with Gasteiger partial charge in [-0.25, -0.2) is 4.79 Å². The molecular formula is C14H14N4O. The van der Waals surface area contributed by atoms with Gasteiger partial charge in [0.15, 0.2) is 0 Å². The molecule has 2 heterocycles. The maximum Gasteiger partial charge on any atom is 0.346 e. The molecule has 1 atom stereocenters. The Labute approximate surface area is 110 Å². The van der Waals surface area contributed by atoms with Gasteiger partial charge in [-0.2, -0.15) is 4.99 Å². The van der Waals surface area contributed by atoms with Gasteiger partial charge < -0.3 is 10.6 Å². The molecule has 0 spiro atoms. The Morgan fingerprint density at radius 1 is 1.32 bits per heavy atom. The Bertz CT molecular complexity index is 675. The molecule has 0 saturated carbocycles. The minimum absolute atomic E-state index is 0.280. The second kappa shape index (κ2) is 4.35. The van der Waals surface area contributed by atoms with Crippen LogP contribution in [0.25, 0.3) is 10.9 Å². The summed E-state index contributed by atoms with van der Waals surface area (Å²) < 4.78 is 0. The van der Waals surface area contributed by atoms with Crippen LogP contribution in [0.15, 0.2) is 41.5 Å². The molecule has 2 aromatic rings. The van der Waals surface area contributed by atoms with Crippen molar-refractivity contribution in [1.29, 1.82) is 0 Å². The number of amidine groups is 1. The van der Waals surface area contributed by atoms with Gasteiger partial charge >= 0.3 is 6.03 Å². The van der Waals surface area contributed by atoms with Crippen LogP contribution in [0.5, 0.6) is 0 Å². The lowest BCUT2D eigenvalue weighted by Crippen LogP contribution is -2.33. The molecule has 2 N–H and O–H groups in total. The molecule has 1 aromatic carbocycles. The molecule has 1 aromatic heterocycles. The van der Waals surface area contributed by atoms with Crippen molar-refractivity contribution in [3.63, 3.8) is 0 Å². The van der Waals surface area contributed by atoms with E-state index in [1.165, 1.54) is 0 Å². The van der Waals surface area contributed by atoms with Gasteiger partial charge in [0.1, 0.15) is 11.9 Å². The zero-order valence-corrected chi connectivity index (χ0v) is 10.6. The molecular weight excluding hydrogens is 240 g/mol. The van der Waals surface area contributed by atoms with E-state index >= 15 is 0 Å². The van der Waals surface area contributed by atoms with Crippen LogP contribution in [0.3, 0.4) is 0 Å². The number of urea groups is 1. The predicted octanol–water partition coefficient (Wildman–Crippen LogP) is 2.09. The van der Waals surface area contributed by atoms with Crippen LogP contribution in [-0.2, 0) is 0 Å². The molecule has 0 aliphatic carbocycles. The summed E-state index contributed by atoms with van der Waals surface area (Å²) in [6.07, 6.45) is 1.74. The fourth-order valence-electron chi connectivity index (χ4n) is 2.50. The first-order valence-electron chi connectivity index (χ1n) is 6.20. The fourth-order valence-corrected chi connectivity index (χ4v) is 2.50. The Morgan fingerprint density at radius 3 is 2.89 bits per heavy atom. The Hall–Kier alpha value is -2.43. The van der Waals surface area contributed by atoms with Crippen molar-refractivity contribution in [1.82, 2.24) is 9.88 Å². The van der Waals surface area contributed by atoms with Gasteiger partial charge in [0, 0.05) is 23.7 Å². The number of hydrogen-bond acceptors (Lipinski definition) is 3. The Kier molecular flexibility index (Phi) is 2.67. The summed E-state index contributed by atoms with van der Waals surface area (Å²) in [6, 6.07) is 9.18. The van der Waals surface area contributed by atoms with E-state index in [0.29, 0.717) is 12.4 Å². The number of fused-ring (bicyclic) bond motifs is 1. The van der Waals surface area contributed by atoms with Gasteiger partial charge in [0.05, 0.1) is 5.52 Å². The number of nitrogens with zero attached hydrogens (tertiary/aromatic N) is 3. The third-order valence-electron chi connectivity index (χ3n) is 3.36. The van der Waals surface area contributed by atoms with Crippen LogP contribution < -0.4 is 5.73 Å². The zero-order chi connectivity index (χ0) is 13.4. The molecule has 0 saturated heterocycles. The van der Waals surface area contributed by atoms with Gasteiger partial charge in [-0.15, -0.1) is 0 Å². The van der Waals surface area contributed by atoms with E-state index in [0.717, 1.165) is 16.5 Å². The number of para-hydroxylation sites is 1. The number of carbonyl (C=O) groups is 1. The molecule has 0 fully saturated rings. The molecule has 96 valence electrons. The SMILES string of the molecule is CCN1C(=O)N=C(N)C1c1cccc2cccnc12. The number of aromatic nitrogens is 1. The largest absolute Gasteiger partial charge is 0.385 e. The predicted molar refractivity (Wildman–Crippen MR) is 73.9 cm³/mol. The quantitative estimate of drug-likeness (QED) is 0.891. The van der Waals surface area contributed by atoms with Gasteiger partial charge in [-0.3, -0.25) is 4.98 Å². The van der Waals surface area contributed by atoms with Gasteiger partial charge in [-0.05, 0) is 13.0 Å². The van der Waals surface area contributed by atoms with E-state index in [2.05, 4.69) is 9.98 Å². The maximum absolute atomic E-state index is 11.8. The van der Waals surface area contributed by atoms with E-state index in [1.807, 2.05) is 37.3 Å². The van der Waals surface area contributed by atoms with E-state index in [9.17, 15) is 4.79 Å². The highest BCUT2D eigenvalue weighted by Gasteiger charge is 2.34.